The lowest BCUT2D eigenvalue weighted by Crippen LogP contribution is -2.63. The van der Waals surface area contributed by atoms with Crippen molar-refractivity contribution in [3.63, 3.8) is 0 Å². The molecule has 17 heavy (non-hydrogen) atoms. The zero-order valence-electron chi connectivity index (χ0n) is 12.0. The van der Waals surface area contributed by atoms with E-state index in [-0.39, 0.29) is 11.5 Å². The van der Waals surface area contributed by atoms with Crippen LogP contribution in [0.15, 0.2) is 0 Å². The average Bonchev–Trinajstić information content (AvgIpc) is 2.25. The molecule has 0 saturated heterocycles. The number of aliphatic hydroxyl groups is 1. The van der Waals surface area contributed by atoms with Gasteiger partial charge in [-0.05, 0) is 40.0 Å². The molecule has 0 amide bonds. The molecule has 1 saturated carbocycles. The van der Waals surface area contributed by atoms with Gasteiger partial charge in [0.15, 0.2) is 0 Å². The van der Waals surface area contributed by atoms with Gasteiger partial charge in [-0.1, -0.05) is 13.8 Å². The van der Waals surface area contributed by atoms with Crippen LogP contribution < -0.4 is 5.32 Å². The molecule has 0 radical (unpaired) electrons. The fraction of sp³-hybridized carbons (Fsp3) is 1.00. The van der Waals surface area contributed by atoms with E-state index in [1.54, 1.807) is 0 Å². The summed E-state index contributed by atoms with van der Waals surface area (Å²) in [5.74, 6) is 0. The van der Waals surface area contributed by atoms with E-state index in [0.29, 0.717) is 18.2 Å². The molecule has 0 spiro atoms. The Labute approximate surface area is 106 Å². The smallest absolute Gasteiger partial charge is 0.0658 e. The van der Waals surface area contributed by atoms with Crippen molar-refractivity contribution in [3.8, 4) is 0 Å². The first kappa shape index (κ1) is 14.9. The quantitative estimate of drug-likeness (QED) is 0.721. The Bertz CT molecular complexity index is 232. The van der Waals surface area contributed by atoms with Crippen molar-refractivity contribution in [2.45, 2.75) is 78.2 Å². The summed E-state index contributed by atoms with van der Waals surface area (Å²) in [7, 11) is 0. The number of nitrogens with one attached hydrogen (secondary N) is 1. The summed E-state index contributed by atoms with van der Waals surface area (Å²) >= 11 is 0. The molecule has 2 N–H and O–H groups in total. The third-order valence-corrected chi connectivity index (χ3v) is 4.29. The largest absolute Gasteiger partial charge is 0.393 e. The maximum Gasteiger partial charge on any atom is 0.0658 e. The number of hydrogen-bond donors (Lipinski definition) is 2. The van der Waals surface area contributed by atoms with Crippen molar-refractivity contribution in [3.05, 3.63) is 0 Å². The minimum Gasteiger partial charge on any atom is -0.393 e. The van der Waals surface area contributed by atoms with Gasteiger partial charge in [0.1, 0.15) is 0 Å². The van der Waals surface area contributed by atoms with Crippen molar-refractivity contribution in [1.29, 1.82) is 0 Å². The molecule has 0 heterocycles. The highest BCUT2D eigenvalue weighted by Crippen LogP contribution is 2.46. The zero-order valence-corrected chi connectivity index (χ0v) is 12.0. The minimum absolute atomic E-state index is 0.229. The topological polar surface area (TPSA) is 41.5 Å². The SMILES string of the molecule is CCOC1CC(NC(C)CC(C)O)C1(C)CC. The van der Waals surface area contributed by atoms with Gasteiger partial charge in [0, 0.05) is 24.1 Å². The predicted octanol–water partition coefficient (Wildman–Crippen LogP) is 2.33. The first-order valence-corrected chi connectivity index (χ1v) is 6.99. The van der Waals surface area contributed by atoms with E-state index in [1.807, 2.05) is 6.92 Å². The second-order valence-electron chi connectivity index (χ2n) is 5.74. The number of rotatable bonds is 7. The van der Waals surface area contributed by atoms with Crippen molar-refractivity contribution >= 4 is 0 Å². The summed E-state index contributed by atoms with van der Waals surface area (Å²) in [6, 6.07) is 0.895. The molecule has 1 fully saturated rings. The molecule has 5 unspecified atom stereocenters. The molecular weight excluding hydrogens is 214 g/mol. The van der Waals surface area contributed by atoms with Crippen LogP contribution in [0.5, 0.6) is 0 Å². The van der Waals surface area contributed by atoms with E-state index in [9.17, 15) is 5.11 Å². The maximum absolute atomic E-state index is 9.39. The van der Waals surface area contributed by atoms with Crippen molar-refractivity contribution in [2.75, 3.05) is 6.61 Å². The molecular formula is C14H29NO2. The van der Waals surface area contributed by atoms with Gasteiger partial charge in [0.2, 0.25) is 0 Å². The van der Waals surface area contributed by atoms with Crippen LogP contribution in [-0.2, 0) is 4.74 Å². The Hall–Kier alpha value is -0.120. The summed E-state index contributed by atoms with van der Waals surface area (Å²) < 4.78 is 5.79. The molecule has 1 aliphatic rings. The number of ether oxygens (including phenoxy) is 1. The Kier molecular flexibility index (Phi) is 5.42. The van der Waals surface area contributed by atoms with E-state index in [4.69, 9.17) is 4.74 Å². The second-order valence-corrected chi connectivity index (χ2v) is 5.74. The third-order valence-electron chi connectivity index (χ3n) is 4.29. The Morgan fingerprint density at radius 3 is 2.53 bits per heavy atom. The molecule has 3 heteroatoms. The van der Waals surface area contributed by atoms with E-state index in [1.165, 1.54) is 0 Å². The lowest BCUT2D eigenvalue weighted by molar-refractivity contribution is -0.128. The molecule has 3 nitrogen and oxygen atoms in total. The maximum atomic E-state index is 9.39. The van der Waals surface area contributed by atoms with E-state index >= 15 is 0 Å². The molecule has 102 valence electrons. The van der Waals surface area contributed by atoms with E-state index < -0.39 is 0 Å². The highest BCUT2D eigenvalue weighted by atomic mass is 16.5. The van der Waals surface area contributed by atoms with Crippen LogP contribution in [0.3, 0.4) is 0 Å². The monoisotopic (exact) mass is 243 g/mol. The predicted molar refractivity (Wildman–Crippen MR) is 71.1 cm³/mol. The molecule has 1 aliphatic carbocycles. The fourth-order valence-electron chi connectivity index (χ4n) is 2.93. The summed E-state index contributed by atoms with van der Waals surface area (Å²) in [6.07, 6.45) is 3.22. The summed E-state index contributed by atoms with van der Waals surface area (Å²) in [5, 5.41) is 13.0. The van der Waals surface area contributed by atoms with Crippen LogP contribution in [0.25, 0.3) is 0 Å². The van der Waals surface area contributed by atoms with Crippen molar-refractivity contribution in [1.82, 2.24) is 5.32 Å². The van der Waals surface area contributed by atoms with E-state index in [0.717, 1.165) is 25.9 Å². The van der Waals surface area contributed by atoms with Crippen LogP contribution in [0.2, 0.25) is 0 Å². The Morgan fingerprint density at radius 1 is 1.41 bits per heavy atom. The van der Waals surface area contributed by atoms with Gasteiger partial charge in [-0.25, -0.2) is 0 Å². The van der Waals surface area contributed by atoms with Gasteiger partial charge in [0.05, 0.1) is 12.2 Å². The lowest BCUT2D eigenvalue weighted by Gasteiger charge is -2.54. The van der Waals surface area contributed by atoms with Gasteiger partial charge in [-0.2, -0.15) is 0 Å². The molecule has 5 atom stereocenters. The van der Waals surface area contributed by atoms with Crippen molar-refractivity contribution in [2.24, 2.45) is 5.41 Å². The van der Waals surface area contributed by atoms with Gasteiger partial charge >= 0.3 is 0 Å². The minimum atomic E-state index is -0.229. The summed E-state index contributed by atoms with van der Waals surface area (Å²) in [6.45, 7) is 11.4. The molecule has 1 rings (SSSR count). The lowest BCUT2D eigenvalue weighted by atomic mass is 9.61. The third kappa shape index (κ3) is 3.43. The van der Waals surface area contributed by atoms with Gasteiger partial charge in [-0.3, -0.25) is 0 Å². The molecule has 0 aromatic carbocycles. The first-order valence-electron chi connectivity index (χ1n) is 6.99. The molecule has 0 aromatic rings. The van der Waals surface area contributed by atoms with Crippen molar-refractivity contribution < 1.29 is 9.84 Å². The van der Waals surface area contributed by atoms with Crippen LogP contribution in [-0.4, -0.2) is 36.0 Å². The standard InChI is InChI=1S/C14H29NO2/c1-6-14(5)12(9-13(14)17-7-2)15-10(3)8-11(4)16/h10-13,15-16H,6-9H2,1-5H3. The summed E-state index contributed by atoms with van der Waals surface area (Å²) in [5.41, 5.74) is 0.253. The molecule has 0 aromatic heterocycles. The molecule has 0 aliphatic heterocycles. The Balaban J connectivity index is 2.45. The average molecular weight is 243 g/mol. The Morgan fingerprint density at radius 2 is 2.06 bits per heavy atom. The highest BCUT2D eigenvalue weighted by molar-refractivity contribution is 5.05. The highest BCUT2D eigenvalue weighted by Gasteiger charge is 2.51. The summed E-state index contributed by atoms with van der Waals surface area (Å²) in [4.78, 5) is 0. The fourth-order valence-corrected chi connectivity index (χ4v) is 2.93. The normalized spacial score (nSPS) is 36.4. The van der Waals surface area contributed by atoms with Crippen LogP contribution in [0.1, 0.15) is 53.9 Å². The first-order chi connectivity index (χ1) is 7.93. The van der Waals surface area contributed by atoms with Crippen LogP contribution >= 0.6 is 0 Å². The van der Waals surface area contributed by atoms with Gasteiger partial charge in [-0.15, -0.1) is 0 Å². The second kappa shape index (κ2) is 6.17. The van der Waals surface area contributed by atoms with Crippen LogP contribution in [0, 0.1) is 5.41 Å². The van der Waals surface area contributed by atoms with Gasteiger partial charge in [0.25, 0.3) is 0 Å². The zero-order chi connectivity index (χ0) is 13.1. The van der Waals surface area contributed by atoms with Crippen LogP contribution in [0.4, 0.5) is 0 Å². The van der Waals surface area contributed by atoms with E-state index in [2.05, 4.69) is 33.0 Å². The number of aliphatic hydroxyl groups excluding tert-OH is 1. The van der Waals surface area contributed by atoms with Gasteiger partial charge < -0.3 is 15.2 Å². The number of hydrogen-bond acceptors (Lipinski definition) is 3. The molecule has 0 bridgehead atoms.